The summed E-state index contributed by atoms with van der Waals surface area (Å²) in [6, 6.07) is 8.60. The third-order valence-electron chi connectivity index (χ3n) is 6.37. The summed E-state index contributed by atoms with van der Waals surface area (Å²) in [4.78, 5) is 5.98. The summed E-state index contributed by atoms with van der Waals surface area (Å²) in [5.74, 6) is 0.516. The van der Waals surface area contributed by atoms with Gasteiger partial charge in [-0.25, -0.2) is 0 Å². The summed E-state index contributed by atoms with van der Waals surface area (Å²) in [5.41, 5.74) is 4.77. The average Bonchev–Trinajstić information content (AvgIpc) is 2.98. The molecular weight excluding hydrogens is 288 g/mol. The summed E-state index contributed by atoms with van der Waals surface area (Å²) in [6.07, 6.45) is 2.71. The molecule has 4 nitrogen and oxygen atoms in total. The van der Waals surface area contributed by atoms with Crippen molar-refractivity contribution in [2.75, 3.05) is 13.2 Å². The molecule has 4 heteroatoms. The van der Waals surface area contributed by atoms with Crippen LogP contribution >= 0.6 is 0 Å². The van der Waals surface area contributed by atoms with Crippen molar-refractivity contribution < 1.29 is 10.2 Å². The Morgan fingerprint density at radius 2 is 2.17 bits per heavy atom. The highest BCUT2D eigenvalue weighted by atomic mass is 16.3. The molecule has 3 fully saturated rings. The molecular formula is C19H22N2O2. The summed E-state index contributed by atoms with van der Waals surface area (Å²) in [5, 5.41) is 22.3. The molecule has 1 unspecified atom stereocenters. The second-order valence-corrected chi connectivity index (χ2v) is 7.17. The third kappa shape index (κ3) is 1.61. The minimum absolute atomic E-state index is 0.0270. The van der Waals surface area contributed by atoms with Crippen LogP contribution in [0.4, 0.5) is 0 Å². The van der Waals surface area contributed by atoms with E-state index in [9.17, 15) is 10.2 Å². The molecule has 23 heavy (non-hydrogen) atoms. The standard InChI is InChI=1S/C19H22N2O2/c1-2-10-8-21-15-7-12(10)13(9-22)18(21)19(23)16-11-5-3-4-6-14(11)20-17(15)16/h2-6,12-13,15,18-20,22-23H,7-9H2,1H3/b10-2-/t12-,13+,15-,18+,19+/m0/s1. The van der Waals surface area contributed by atoms with Crippen LogP contribution in [0.15, 0.2) is 35.9 Å². The first-order valence-electron chi connectivity index (χ1n) is 8.54. The Morgan fingerprint density at radius 1 is 1.35 bits per heavy atom. The van der Waals surface area contributed by atoms with E-state index in [1.165, 1.54) is 11.3 Å². The monoisotopic (exact) mass is 310 g/mol. The fourth-order valence-electron chi connectivity index (χ4n) is 5.39. The molecule has 6 atom stereocenters. The van der Waals surface area contributed by atoms with Gasteiger partial charge in [-0.3, -0.25) is 4.90 Å². The quantitative estimate of drug-likeness (QED) is 0.709. The molecule has 120 valence electrons. The Labute approximate surface area is 135 Å². The SMILES string of the molecule is C/C=C1/CN2[C@@H]3[C@H](CO)[C@H]1C[C@H]2c1[nH]c2ccccc2c1[C@H]3O. The molecule has 0 amide bonds. The minimum atomic E-state index is -0.532. The van der Waals surface area contributed by atoms with E-state index in [2.05, 4.69) is 35.0 Å². The van der Waals surface area contributed by atoms with Gasteiger partial charge in [0.25, 0.3) is 0 Å². The fraction of sp³-hybridized carbons (Fsp3) is 0.474. The highest BCUT2D eigenvalue weighted by Gasteiger charge is 2.55. The molecule has 3 saturated heterocycles. The zero-order valence-electron chi connectivity index (χ0n) is 13.2. The normalized spacial score (nSPS) is 39.9. The maximum Gasteiger partial charge on any atom is 0.0973 e. The van der Waals surface area contributed by atoms with Crippen molar-refractivity contribution >= 4 is 10.9 Å². The molecule has 3 N–H and O–H groups in total. The van der Waals surface area contributed by atoms with Crippen LogP contribution in [-0.2, 0) is 0 Å². The summed E-state index contributed by atoms with van der Waals surface area (Å²) < 4.78 is 0. The van der Waals surface area contributed by atoms with Crippen LogP contribution in [-0.4, -0.2) is 39.3 Å². The molecule has 6 rings (SSSR count). The molecule has 4 bridgehead atoms. The van der Waals surface area contributed by atoms with Crippen LogP contribution in [0.3, 0.4) is 0 Å². The molecule has 1 aromatic heterocycles. The van der Waals surface area contributed by atoms with Crippen LogP contribution < -0.4 is 0 Å². The third-order valence-corrected chi connectivity index (χ3v) is 6.37. The van der Waals surface area contributed by atoms with Crippen LogP contribution in [0, 0.1) is 11.8 Å². The van der Waals surface area contributed by atoms with Crippen molar-refractivity contribution in [3.05, 3.63) is 47.2 Å². The second kappa shape index (κ2) is 4.69. The Hall–Kier alpha value is -1.62. The Kier molecular flexibility index (Phi) is 2.81. The number of piperidine rings is 3. The number of rotatable bonds is 1. The number of hydrogen-bond acceptors (Lipinski definition) is 3. The molecule has 0 radical (unpaired) electrons. The molecule has 0 aliphatic carbocycles. The molecule has 5 heterocycles. The van der Waals surface area contributed by atoms with Gasteiger partial charge in [0, 0.05) is 47.3 Å². The maximum atomic E-state index is 11.2. The molecule has 1 aromatic carbocycles. The van der Waals surface area contributed by atoms with Gasteiger partial charge in [-0.1, -0.05) is 29.8 Å². The van der Waals surface area contributed by atoms with Crippen LogP contribution in [0.5, 0.6) is 0 Å². The van der Waals surface area contributed by atoms with Gasteiger partial charge in [-0.2, -0.15) is 0 Å². The number of hydrogen-bond donors (Lipinski definition) is 3. The fourth-order valence-corrected chi connectivity index (χ4v) is 5.39. The number of nitrogens with zero attached hydrogens (tertiary/aromatic N) is 1. The topological polar surface area (TPSA) is 59.5 Å². The van der Waals surface area contributed by atoms with E-state index in [1.807, 2.05) is 12.1 Å². The number of aromatic amines is 1. The number of aliphatic hydroxyl groups excluding tert-OH is 2. The first-order chi connectivity index (χ1) is 11.2. The van der Waals surface area contributed by atoms with Crippen molar-refractivity contribution in [3.8, 4) is 0 Å². The molecule has 4 aliphatic rings. The first-order valence-corrected chi connectivity index (χ1v) is 8.54. The lowest BCUT2D eigenvalue weighted by Gasteiger charge is -2.59. The van der Waals surface area contributed by atoms with Crippen molar-refractivity contribution in [2.24, 2.45) is 11.8 Å². The number of aromatic nitrogens is 1. The predicted octanol–water partition coefficient (Wildman–Crippen LogP) is 2.51. The van der Waals surface area contributed by atoms with E-state index in [1.54, 1.807) is 0 Å². The van der Waals surface area contributed by atoms with Gasteiger partial charge in [-0.05, 0) is 25.3 Å². The number of allylic oxidation sites excluding steroid dienone is 1. The summed E-state index contributed by atoms with van der Waals surface area (Å²) in [6.45, 7) is 3.15. The molecule has 4 aliphatic heterocycles. The summed E-state index contributed by atoms with van der Waals surface area (Å²) in [7, 11) is 0. The van der Waals surface area contributed by atoms with Crippen LogP contribution in [0.2, 0.25) is 0 Å². The number of nitrogens with one attached hydrogen (secondary N) is 1. The van der Waals surface area contributed by atoms with E-state index >= 15 is 0 Å². The van der Waals surface area contributed by atoms with E-state index < -0.39 is 6.10 Å². The van der Waals surface area contributed by atoms with Crippen LogP contribution in [0.25, 0.3) is 10.9 Å². The zero-order valence-corrected chi connectivity index (χ0v) is 13.2. The lowest BCUT2D eigenvalue weighted by atomic mass is 9.63. The van der Waals surface area contributed by atoms with Gasteiger partial charge in [-0.15, -0.1) is 0 Å². The van der Waals surface area contributed by atoms with Crippen molar-refractivity contribution in [1.29, 1.82) is 0 Å². The Balaban J connectivity index is 1.73. The smallest absolute Gasteiger partial charge is 0.0973 e. The van der Waals surface area contributed by atoms with E-state index in [0.717, 1.165) is 29.4 Å². The number of para-hydroxylation sites is 1. The summed E-state index contributed by atoms with van der Waals surface area (Å²) >= 11 is 0. The molecule has 0 saturated carbocycles. The van der Waals surface area contributed by atoms with Crippen molar-refractivity contribution in [3.63, 3.8) is 0 Å². The van der Waals surface area contributed by atoms with Gasteiger partial charge in [0.1, 0.15) is 0 Å². The Morgan fingerprint density at radius 3 is 2.96 bits per heavy atom. The average molecular weight is 310 g/mol. The number of H-pyrrole nitrogens is 1. The molecule has 2 aromatic rings. The van der Waals surface area contributed by atoms with Crippen molar-refractivity contribution in [1.82, 2.24) is 9.88 Å². The lowest BCUT2D eigenvalue weighted by molar-refractivity contribution is -0.107. The maximum absolute atomic E-state index is 11.2. The van der Waals surface area contributed by atoms with Gasteiger partial charge in [0.05, 0.1) is 12.1 Å². The second-order valence-electron chi connectivity index (χ2n) is 7.17. The molecule has 0 spiro atoms. The van der Waals surface area contributed by atoms with Gasteiger partial charge >= 0.3 is 0 Å². The lowest BCUT2D eigenvalue weighted by Crippen LogP contribution is -2.62. The van der Waals surface area contributed by atoms with Gasteiger partial charge < -0.3 is 15.2 Å². The number of fused-ring (bicyclic) bond motifs is 4. The number of aliphatic hydroxyl groups is 2. The highest BCUT2D eigenvalue weighted by molar-refractivity contribution is 5.85. The van der Waals surface area contributed by atoms with E-state index in [-0.39, 0.29) is 18.6 Å². The van der Waals surface area contributed by atoms with E-state index in [4.69, 9.17) is 0 Å². The number of benzene rings is 1. The zero-order chi connectivity index (χ0) is 15.7. The minimum Gasteiger partial charge on any atom is -0.396 e. The predicted molar refractivity (Wildman–Crippen MR) is 88.9 cm³/mol. The largest absolute Gasteiger partial charge is 0.396 e. The van der Waals surface area contributed by atoms with E-state index in [0.29, 0.717) is 12.0 Å². The van der Waals surface area contributed by atoms with Crippen LogP contribution in [0.1, 0.15) is 36.7 Å². The Bertz CT molecular complexity index is 809. The van der Waals surface area contributed by atoms with Gasteiger partial charge in [0.15, 0.2) is 0 Å². The van der Waals surface area contributed by atoms with Crippen molar-refractivity contribution in [2.45, 2.75) is 31.5 Å². The van der Waals surface area contributed by atoms with Gasteiger partial charge in [0.2, 0.25) is 0 Å². The highest BCUT2D eigenvalue weighted by Crippen LogP contribution is 2.56. The first kappa shape index (κ1) is 13.8.